The monoisotopic (exact) mass is 277 g/mol. The highest BCUT2D eigenvalue weighted by Crippen LogP contribution is 2.10. The third-order valence-electron chi connectivity index (χ3n) is 2.96. The number of nitrogens with zero attached hydrogens (tertiary/aromatic N) is 1. The smallest absolute Gasteiger partial charge is 0.331 e. The molecule has 0 aliphatic carbocycles. The summed E-state index contributed by atoms with van der Waals surface area (Å²) in [7, 11) is 0. The number of esters is 1. The average Bonchev–Trinajstić information content (AvgIpc) is 2.51. The fraction of sp³-hybridized carbons (Fsp3) is 0.111. The molecule has 0 fully saturated rings. The molecule has 21 heavy (non-hydrogen) atoms. The van der Waals surface area contributed by atoms with Crippen molar-refractivity contribution in [2.75, 3.05) is 0 Å². The highest BCUT2D eigenvalue weighted by Gasteiger charge is 2.03. The Morgan fingerprint density at radius 3 is 2.81 bits per heavy atom. The molecular formula is C18H15NO2. The molecule has 0 saturated heterocycles. The van der Waals surface area contributed by atoms with Gasteiger partial charge in [0.05, 0.1) is 11.6 Å². The van der Waals surface area contributed by atoms with Gasteiger partial charge in [-0.15, -0.1) is 0 Å². The molecule has 0 radical (unpaired) electrons. The summed E-state index contributed by atoms with van der Waals surface area (Å²) in [6.07, 6.45) is 3.11. The number of hydrogen-bond donors (Lipinski definition) is 0. The van der Waals surface area contributed by atoms with Crippen LogP contribution in [0.15, 0.2) is 54.6 Å². The molecule has 104 valence electrons. The first kappa shape index (κ1) is 14.5. The molecule has 0 amide bonds. The molecule has 0 unspecified atom stereocenters. The number of aryl methyl sites for hydroxylation is 1. The van der Waals surface area contributed by atoms with Crippen molar-refractivity contribution in [1.82, 2.24) is 0 Å². The maximum absolute atomic E-state index is 11.7. The molecule has 2 aromatic rings. The van der Waals surface area contributed by atoms with Crippen LogP contribution < -0.4 is 0 Å². The second-order valence-corrected chi connectivity index (χ2v) is 4.62. The summed E-state index contributed by atoms with van der Waals surface area (Å²) < 4.78 is 5.15. The molecule has 0 spiro atoms. The highest BCUT2D eigenvalue weighted by atomic mass is 16.5. The van der Waals surface area contributed by atoms with Crippen molar-refractivity contribution in [3.63, 3.8) is 0 Å². The number of hydrogen-bond acceptors (Lipinski definition) is 3. The van der Waals surface area contributed by atoms with Crippen LogP contribution in [0.3, 0.4) is 0 Å². The predicted octanol–water partition coefficient (Wildman–Crippen LogP) is 3.62. The number of benzene rings is 2. The van der Waals surface area contributed by atoms with Crippen LogP contribution in [0.5, 0.6) is 0 Å². The van der Waals surface area contributed by atoms with Crippen molar-refractivity contribution < 1.29 is 9.53 Å². The lowest BCUT2D eigenvalue weighted by atomic mass is 10.1. The van der Waals surface area contributed by atoms with E-state index >= 15 is 0 Å². The largest absolute Gasteiger partial charge is 0.458 e. The summed E-state index contributed by atoms with van der Waals surface area (Å²) in [5.74, 6) is -0.427. The Morgan fingerprint density at radius 2 is 2.05 bits per heavy atom. The summed E-state index contributed by atoms with van der Waals surface area (Å²) in [5, 5.41) is 8.96. The molecule has 3 nitrogen and oxygen atoms in total. The average molecular weight is 277 g/mol. The zero-order valence-electron chi connectivity index (χ0n) is 11.7. The fourth-order valence-electron chi connectivity index (χ4n) is 1.89. The van der Waals surface area contributed by atoms with Crippen LogP contribution in [0.1, 0.15) is 22.3 Å². The van der Waals surface area contributed by atoms with Crippen LogP contribution in [0.25, 0.3) is 6.08 Å². The summed E-state index contributed by atoms with van der Waals surface area (Å²) in [4.78, 5) is 11.7. The number of ether oxygens (including phenoxy) is 1. The SMILES string of the molecule is Cc1cccc(/C=C/C(=O)OCc2ccccc2C#N)c1. The Morgan fingerprint density at radius 1 is 1.24 bits per heavy atom. The van der Waals surface area contributed by atoms with Crippen LogP contribution in [0.2, 0.25) is 0 Å². The Balaban J connectivity index is 1.95. The van der Waals surface area contributed by atoms with E-state index in [1.54, 1.807) is 24.3 Å². The van der Waals surface area contributed by atoms with Gasteiger partial charge < -0.3 is 4.74 Å². The Hall–Kier alpha value is -2.86. The molecule has 0 aromatic heterocycles. The Kier molecular flexibility index (Phi) is 4.89. The van der Waals surface area contributed by atoms with E-state index in [1.807, 2.05) is 37.3 Å². The first-order chi connectivity index (χ1) is 10.2. The molecule has 0 N–H and O–H groups in total. The van der Waals surface area contributed by atoms with E-state index in [0.29, 0.717) is 11.1 Å². The van der Waals surface area contributed by atoms with Gasteiger partial charge in [-0.2, -0.15) is 5.26 Å². The molecule has 0 saturated carbocycles. The lowest BCUT2D eigenvalue weighted by Gasteiger charge is -2.04. The second-order valence-electron chi connectivity index (χ2n) is 4.62. The molecule has 0 atom stereocenters. The van der Waals surface area contributed by atoms with Gasteiger partial charge in [-0.1, -0.05) is 48.0 Å². The zero-order valence-corrected chi connectivity index (χ0v) is 11.7. The maximum atomic E-state index is 11.7. The fourth-order valence-corrected chi connectivity index (χ4v) is 1.89. The number of carbonyl (C=O) groups excluding carboxylic acids is 1. The van der Waals surface area contributed by atoms with Crippen molar-refractivity contribution >= 4 is 12.0 Å². The predicted molar refractivity (Wildman–Crippen MR) is 81.2 cm³/mol. The van der Waals surface area contributed by atoms with Crippen LogP contribution >= 0.6 is 0 Å². The third-order valence-corrected chi connectivity index (χ3v) is 2.96. The van der Waals surface area contributed by atoms with Crippen molar-refractivity contribution in [2.24, 2.45) is 0 Å². The van der Waals surface area contributed by atoms with E-state index in [-0.39, 0.29) is 6.61 Å². The van der Waals surface area contributed by atoms with Gasteiger partial charge in [0.1, 0.15) is 6.61 Å². The van der Waals surface area contributed by atoms with E-state index in [9.17, 15) is 4.79 Å². The molecule has 0 bridgehead atoms. The van der Waals surface area contributed by atoms with E-state index in [2.05, 4.69) is 6.07 Å². The van der Waals surface area contributed by atoms with E-state index in [0.717, 1.165) is 11.1 Å². The third kappa shape index (κ3) is 4.32. The molecule has 2 aromatic carbocycles. The minimum absolute atomic E-state index is 0.0979. The first-order valence-corrected chi connectivity index (χ1v) is 6.58. The standard InChI is InChI=1S/C18H15NO2/c1-14-5-4-6-15(11-14)9-10-18(20)21-13-17-8-3-2-7-16(17)12-19/h2-11H,13H2,1H3/b10-9+. The van der Waals surface area contributed by atoms with Gasteiger partial charge in [-0.05, 0) is 24.6 Å². The van der Waals surface area contributed by atoms with E-state index < -0.39 is 5.97 Å². The van der Waals surface area contributed by atoms with E-state index in [1.165, 1.54) is 6.08 Å². The van der Waals surface area contributed by atoms with Crippen LogP contribution in [-0.2, 0) is 16.1 Å². The molecule has 2 rings (SSSR count). The number of nitriles is 1. The van der Waals surface area contributed by atoms with Crippen LogP contribution in [-0.4, -0.2) is 5.97 Å². The molecule has 0 aliphatic heterocycles. The van der Waals surface area contributed by atoms with Crippen LogP contribution in [0.4, 0.5) is 0 Å². The topological polar surface area (TPSA) is 50.1 Å². The lowest BCUT2D eigenvalue weighted by molar-refractivity contribution is -0.138. The Labute approximate surface area is 124 Å². The van der Waals surface area contributed by atoms with Crippen LogP contribution in [0, 0.1) is 18.3 Å². The molecular weight excluding hydrogens is 262 g/mol. The summed E-state index contributed by atoms with van der Waals surface area (Å²) in [5.41, 5.74) is 3.31. The minimum Gasteiger partial charge on any atom is -0.458 e. The zero-order chi connectivity index (χ0) is 15.1. The van der Waals surface area contributed by atoms with Gasteiger partial charge in [0.2, 0.25) is 0 Å². The van der Waals surface area contributed by atoms with Gasteiger partial charge in [0, 0.05) is 11.6 Å². The lowest BCUT2D eigenvalue weighted by Crippen LogP contribution is -2.02. The second kappa shape index (κ2) is 7.06. The molecule has 0 aliphatic rings. The Bertz CT molecular complexity index is 711. The van der Waals surface area contributed by atoms with Gasteiger partial charge in [-0.25, -0.2) is 4.79 Å². The summed E-state index contributed by atoms with van der Waals surface area (Å²) >= 11 is 0. The van der Waals surface area contributed by atoms with E-state index in [4.69, 9.17) is 10.00 Å². The normalized spacial score (nSPS) is 10.3. The summed E-state index contributed by atoms with van der Waals surface area (Å²) in [6.45, 7) is 2.09. The van der Waals surface area contributed by atoms with Gasteiger partial charge >= 0.3 is 5.97 Å². The minimum atomic E-state index is -0.427. The van der Waals surface area contributed by atoms with Gasteiger partial charge in [0.15, 0.2) is 0 Å². The summed E-state index contributed by atoms with van der Waals surface area (Å²) in [6, 6.07) is 17.0. The van der Waals surface area contributed by atoms with Crippen molar-refractivity contribution in [3.8, 4) is 6.07 Å². The first-order valence-electron chi connectivity index (χ1n) is 6.58. The van der Waals surface area contributed by atoms with Gasteiger partial charge in [0.25, 0.3) is 0 Å². The maximum Gasteiger partial charge on any atom is 0.331 e. The van der Waals surface area contributed by atoms with Crippen molar-refractivity contribution in [1.29, 1.82) is 5.26 Å². The molecule has 3 heteroatoms. The molecule has 0 heterocycles. The van der Waals surface area contributed by atoms with Crippen molar-refractivity contribution in [2.45, 2.75) is 13.5 Å². The van der Waals surface area contributed by atoms with Crippen molar-refractivity contribution in [3.05, 3.63) is 76.9 Å². The number of carbonyl (C=O) groups is 1. The van der Waals surface area contributed by atoms with Gasteiger partial charge in [-0.3, -0.25) is 0 Å². The quantitative estimate of drug-likeness (QED) is 0.633. The highest BCUT2D eigenvalue weighted by molar-refractivity contribution is 5.87. The number of rotatable bonds is 4.